The van der Waals surface area contributed by atoms with Gasteiger partial charge in [0, 0.05) is 5.56 Å². The molecule has 1 atom stereocenters. The molecule has 0 spiro atoms. The van der Waals surface area contributed by atoms with Gasteiger partial charge in [-0.05, 0) is 0 Å². The largest absolute Gasteiger partial charge is 0.329 e. The quantitative estimate of drug-likeness (QED) is 0.537. The maximum Gasteiger partial charge on any atom is 0.263 e. The minimum Gasteiger partial charge on any atom is -0.329 e. The van der Waals surface area contributed by atoms with Crippen LogP contribution in [-0.4, -0.2) is 18.7 Å². The molecule has 0 radical (unpaired) electrons. The molecule has 0 saturated carbocycles. The van der Waals surface area contributed by atoms with Gasteiger partial charge in [0.2, 0.25) is 5.78 Å². The van der Waals surface area contributed by atoms with Gasteiger partial charge in [-0.2, -0.15) is 0 Å². The molecule has 0 bridgehead atoms. The maximum atomic E-state index is 13.0. The van der Waals surface area contributed by atoms with E-state index in [1.54, 1.807) is 18.2 Å². The zero-order valence-corrected chi connectivity index (χ0v) is 7.44. The number of halogens is 1. The summed E-state index contributed by atoms with van der Waals surface area (Å²) in [6, 6.07) is 8.09. The summed E-state index contributed by atoms with van der Waals surface area (Å²) < 4.78 is 17.5. The second-order valence-corrected chi connectivity index (χ2v) is 2.56. The van der Waals surface area contributed by atoms with Gasteiger partial charge >= 0.3 is 0 Å². The fourth-order valence-electron chi connectivity index (χ4n) is 0.930. The van der Waals surface area contributed by atoms with E-state index in [1.165, 1.54) is 12.1 Å². The van der Waals surface area contributed by atoms with Crippen molar-refractivity contribution in [3.8, 4) is 12.3 Å². The van der Waals surface area contributed by atoms with Crippen molar-refractivity contribution in [2.75, 3.05) is 6.61 Å². The molecule has 0 heterocycles. The first-order chi connectivity index (χ1) is 6.75. The highest BCUT2D eigenvalue weighted by Crippen LogP contribution is 2.06. The highest BCUT2D eigenvalue weighted by atomic mass is 19.1. The van der Waals surface area contributed by atoms with Crippen LogP contribution in [0, 0.1) is 12.3 Å². The standard InChI is InChI=1S/C11H9FO2/c1-2-8-14-11(12)10(13)9-6-4-3-5-7-9/h1,3-7,11H,8H2. The molecule has 1 aromatic rings. The Balaban J connectivity index is 2.63. The molecule has 14 heavy (non-hydrogen) atoms. The number of rotatable bonds is 4. The second-order valence-electron chi connectivity index (χ2n) is 2.56. The lowest BCUT2D eigenvalue weighted by Gasteiger charge is -2.05. The van der Waals surface area contributed by atoms with E-state index in [-0.39, 0.29) is 12.2 Å². The molecular weight excluding hydrogens is 183 g/mol. The first-order valence-electron chi connectivity index (χ1n) is 4.04. The number of carbonyl (C=O) groups excluding carboxylic acids is 1. The van der Waals surface area contributed by atoms with E-state index in [0.717, 1.165) is 0 Å². The minimum absolute atomic E-state index is 0.209. The Kier molecular flexibility index (Phi) is 3.84. The SMILES string of the molecule is C#CCOC(F)C(=O)c1ccccc1. The van der Waals surface area contributed by atoms with Crippen molar-refractivity contribution >= 4 is 5.78 Å². The third-order valence-electron chi connectivity index (χ3n) is 1.58. The monoisotopic (exact) mass is 192 g/mol. The van der Waals surface area contributed by atoms with Gasteiger partial charge in [-0.3, -0.25) is 4.79 Å². The number of terminal acetylenes is 1. The molecule has 0 fully saturated rings. The van der Waals surface area contributed by atoms with Gasteiger partial charge < -0.3 is 4.74 Å². The van der Waals surface area contributed by atoms with Crippen LogP contribution in [0.25, 0.3) is 0 Å². The summed E-state index contributed by atoms with van der Waals surface area (Å²) in [6.07, 6.45) is 2.88. The predicted molar refractivity (Wildman–Crippen MR) is 50.5 cm³/mol. The molecule has 3 heteroatoms. The molecule has 2 nitrogen and oxygen atoms in total. The number of hydrogen-bond acceptors (Lipinski definition) is 2. The van der Waals surface area contributed by atoms with Crippen LogP contribution in [0.5, 0.6) is 0 Å². The Hall–Kier alpha value is -1.66. The van der Waals surface area contributed by atoms with Gasteiger partial charge in [0.15, 0.2) is 0 Å². The van der Waals surface area contributed by atoms with E-state index >= 15 is 0 Å². The van der Waals surface area contributed by atoms with Gasteiger partial charge in [-0.25, -0.2) is 4.39 Å². The van der Waals surface area contributed by atoms with Crippen molar-refractivity contribution in [2.24, 2.45) is 0 Å². The number of carbonyl (C=O) groups is 1. The summed E-state index contributed by atoms with van der Waals surface area (Å²) in [7, 11) is 0. The summed E-state index contributed by atoms with van der Waals surface area (Å²) >= 11 is 0. The second kappa shape index (κ2) is 5.15. The first kappa shape index (κ1) is 10.4. The van der Waals surface area contributed by atoms with Gasteiger partial charge in [0.05, 0.1) is 0 Å². The molecule has 1 aromatic carbocycles. The number of hydrogen-bond donors (Lipinski definition) is 0. The molecule has 1 unspecified atom stereocenters. The van der Waals surface area contributed by atoms with E-state index < -0.39 is 12.1 Å². The normalized spacial score (nSPS) is 11.7. The summed E-state index contributed by atoms with van der Waals surface area (Å²) in [4.78, 5) is 11.3. The molecule has 0 aliphatic rings. The van der Waals surface area contributed by atoms with Crippen molar-refractivity contribution < 1.29 is 13.9 Å². The fourth-order valence-corrected chi connectivity index (χ4v) is 0.930. The summed E-state index contributed by atoms with van der Waals surface area (Å²) in [5.74, 6) is 1.38. The third-order valence-corrected chi connectivity index (χ3v) is 1.58. The van der Waals surface area contributed by atoms with Crippen LogP contribution in [-0.2, 0) is 4.74 Å². The lowest BCUT2D eigenvalue weighted by atomic mass is 10.1. The highest BCUT2D eigenvalue weighted by molar-refractivity contribution is 5.98. The van der Waals surface area contributed by atoms with Gasteiger partial charge in [0.25, 0.3) is 6.36 Å². The van der Waals surface area contributed by atoms with E-state index in [1.807, 2.05) is 0 Å². The number of Topliss-reactive ketones (excluding diaryl/α,β-unsaturated/α-hetero) is 1. The fraction of sp³-hybridized carbons (Fsp3) is 0.182. The Morgan fingerprint density at radius 2 is 2.14 bits per heavy atom. The molecule has 1 rings (SSSR count). The number of alkyl halides is 1. The van der Waals surface area contributed by atoms with Crippen LogP contribution in [0.3, 0.4) is 0 Å². The molecule has 72 valence electrons. The van der Waals surface area contributed by atoms with Gasteiger partial charge in [0.1, 0.15) is 6.61 Å². The van der Waals surface area contributed by atoms with Crippen molar-refractivity contribution in [2.45, 2.75) is 6.36 Å². The molecule has 0 aliphatic heterocycles. The Bertz CT molecular complexity index is 340. The molecular formula is C11H9FO2. The zero-order valence-electron chi connectivity index (χ0n) is 7.44. The minimum atomic E-state index is -1.98. The van der Waals surface area contributed by atoms with Crippen molar-refractivity contribution in [3.05, 3.63) is 35.9 Å². The number of ketones is 1. The van der Waals surface area contributed by atoms with Crippen LogP contribution in [0.4, 0.5) is 4.39 Å². The summed E-state index contributed by atoms with van der Waals surface area (Å²) in [6.45, 7) is -0.209. The third kappa shape index (κ3) is 2.68. The molecule has 0 aliphatic carbocycles. The lowest BCUT2D eigenvalue weighted by Crippen LogP contribution is -2.19. The van der Waals surface area contributed by atoms with Crippen LogP contribution in [0.15, 0.2) is 30.3 Å². The van der Waals surface area contributed by atoms with E-state index in [4.69, 9.17) is 6.42 Å². The molecule has 0 amide bonds. The first-order valence-corrected chi connectivity index (χ1v) is 4.04. The molecule has 0 aromatic heterocycles. The van der Waals surface area contributed by atoms with E-state index in [9.17, 15) is 9.18 Å². The van der Waals surface area contributed by atoms with Crippen LogP contribution < -0.4 is 0 Å². The van der Waals surface area contributed by atoms with Gasteiger partial charge in [-0.1, -0.05) is 36.3 Å². The maximum absolute atomic E-state index is 13.0. The molecule has 0 N–H and O–H groups in total. The van der Waals surface area contributed by atoms with Crippen molar-refractivity contribution in [1.82, 2.24) is 0 Å². The van der Waals surface area contributed by atoms with E-state index in [2.05, 4.69) is 10.7 Å². The average Bonchev–Trinajstić information content (AvgIpc) is 2.26. The Morgan fingerprint density at radius 3 is 2.71 bits per heavy atom. The van der Waals surface area contributed by atoms with Gasteiger partial charge in [-0.15, -0.1) is 6.42 Å². The topological polar surface area (TPSA) is 26.3 Å². The van der Waals surface area contributed by atoms with Crippen LogP contribution in [0.1, 0.15) is 10.4 Å². The molecule has 0 saturated heterocycles. The Morgan fingerprint density at radius 1 is 1.50 bits per heavy atom. The number of ether oxygens (including phenoxy) is 1. The number of benzene rings is 1. The van der Waals surface area contributed by atoms with Crippen LogP contribution >= 0.6 is 0 Å². The summed E-state index contributed by atoms with van der Waals surface area (Å²) in [5.41, 5.74) is 0.275. The van der Waals surface area contributed by atoms with Crippen molar-refractivity contribution in [3.63, 3.8) is 0 Å². The highest BCUT2D eigenvalue weighted by Gasteiger charge is 2.18. The smallest absolute Gasteiger partial charge is 0.263 e. The lowest BCUT2D eigenvalue weighted by molar-refractivity contribution is -0.00733. The zero-order chi connectivity index (χ0) is 10.4. The summed E-state index contributed by atoms with van der Waals surface area (Å²) in [5, 5.41) is 0. The van der Waals surface area contributed by atoms with Crippen molar-refractivity contribution in [1.29, 1.82) is 0 Å². The Labute approximate surface area is 81.7 Å². The van der Waals surface area contributed by atoms with E-state index in [0.29, 0.717) is 0 Å². The predicted octanol–water partition coefficient (Wildman–Crippen LogP) is 1.81. The average molecular weight is 192 g/mol. The van der Waals surface area contributed by atoms with Crippen LogP contribution in [0.2, 0.25) is 0 Å².